The molecule has 36 heavy (non-hydrogen) atoms. The zero-order chi connectivity index (χ0) is 26.0. The van der Waals surface area contributed by atoms with Crippen molar-refractivity contribution in [3.8, 4) is 0 Å². The molecular formula is C26H27ClN4O4S. The number of likely N-dealkylation sites (N-methyl/N-ethyl adjacent to an activating group) is 1. The summed E-state index contributed by atoms with van der Waals surface area (Å²) in [6, 6.07) is 12.2. The highest BCUT2D eigenvalue weighted by molar-refractivity contribution is 7.93. The lowest BCUT2D eigenvalue weighted by Crippen LogP contribution is -2.53. The van der Waals surface area contributed by atoms with E-state index in [2.05, 4.69) is 10.3 Å². The van der Waals surface area contributed by atoms with Crippen LogP contribution in [0.1, 0.15) is 23.1 Å². The molecule has 0 saturated heterocycles. The third-order valence-corrected chi connectivity index (χ3v) is 8.63. The molecule has 2 amide bonds. The van der Waals surface area contributed by atoms with E-state index in [0.29, 0.717) is 40.5 Å². The lowest BCUT2D eigenvalue weighted by molar-refractivity contribution is -0.132. The fourth-order valence-electron chi connectivity index (χ4n) is 4.17. The first-order chi connectivity index (χ1) is 17.1. The van der Waals surface area contributed by atoms with E-state index in [4.69, 9.17) is 11.6 Å². The van der Waals surface area contributed by atoms with Crippen molar-refractivity contribution in [2.24, 2.45) is 0 Å². The predicted molar refractivity (Wildman–Crippen MR) is 140 cm³/mol. The summed E-state index contributed by atoms with van der Waals surface area (Å²) >= 11 is 6.21. The topological polar surface area (TPSA) is 99.7 Å². The highest BCUT2D eigenvalue weighted by atomic mass is 35.5. The smallest absolute Gasteiger partial charge is 0.265 e. The number of rotatable bonds is 7. The number of hydrogen-bond donors (Lipinski definition) is 1. The molecular weight excluding hydrogens is 500 g/mol. The number of nitrogens with zero attached hydrogens (tertiary/aromatic N) is 3. The number of hydrogen-bond acceptors (Lipinski definition) is 5. The van der Waals surface area contributed by atoms with E-state index in [-0.39, 0.29) is 17.2 Å². The minimum absolute atomic E-state index is 0.0393. The lowest BCUT2D eigenvalue weighted by Gasteiger charge is -2.37. The molecule has 2 aromatic carbocycles. The van der Waals surface area contributed by atoms with Gasteiger partial charge in [0.25, 0.3) is 10.0 Å². The van der Waals surface area contributed by atoms with Crippen molar-refractivity contribution >= 4 is 44.8 Å². The molecule has 0 unspecified atom stereocenters. The molecule has 8 nitrogen and oxygen atoms in total. The molecule has 2 heterocycles. The highest BCUT2D eigenvalue weighted by Crippen LogP contribution is 2.38. The molecule has 0 fully saturated rings. The Morgan fingerprint density at radius 3 is 2.53 bits per heavy atom. The first kappa shape index (κ1) is 25.7. The fraction of sp³-hybridized carbons (Fsp3) is 0.269. The van der Waals surface area contributed by atoms with Crippen LogP contribution in [-0.4, -0.2) is 49.8 Å². The van der Waals surface area contributed by atoms with Gasteiger partial charge in [0.1, 0.15) is 6.04 Å². The van der Waals surface area contributed by atoms with Gasteiger partial charge in [0.2, 0.25) is 11.8 Å². The number of carbonyl (C=O) groups excluding carboxylic acids is 2. The number of nitrogens with one attached hydrogen (secondary N) is 1. The zero-order valence-electron chi connectivity index (χ0n) is 20.2. The minimum atomic E-state index is -4.22. The second kappa shape index (κ2) is 10.3. The van der Waals surface area contributed by atoms with Crippen LogP contribution >= 0.6 is 11.6 Å². The molecule has 0 aliphatic carbocycles. The van der Waals surface area contributed by atoms with Gasteiger partial charge in [0.15, 0.2) is 0 Å². The standard InChI is InChI=1S/C26H27ClN4O4S/c1-17-15-24(18(2)14-20(17)27)36(34,35)31-22-7-5-4-6-21(22)29-26(33)23(31)16-25(32)30(3)13-10-19-8-11-28-12-9-19/h4-9,11-12,14-15,23H,10,13,16H2,1-3H3,(H,29,33)/t23-/m1/s1. The van der Waals surface area contributed by atoms with E-state index in [1.807, 2.05) is 12.1 Å². The van der Waals surface area contributed by atoms with Crippen molar-refractivity contribution < 1.29 is 18.0 Å². The number of aryl methyl sites for hydroxylation is 2. The molecule has 188 valence electrons. The number of pyridine rings is 1. The normalized spacial score (nSPS) is 15.3. The quantitative estimate of drug-likeness (QED) is 0.502. The van der Waals surface area contributed by atoms with Crippen LogP contribution in [0.5, 0.6) is 0 Å². The molecule has 10 heteroatoms. The highest BCUT2D eigenvalue weighted by Gasteiger charge is 2.42. The Kier molecular flexibility index (Phi) is 7.33. The summed E-state index contributed by atoms with van der Waals surface area (Å²) in [7, 11) is -2.58. The van der Waals surface area contributed by atoms with Crippen LogP contribution in [0.2, 0.25) is 5.02 Å². The third-order valence-electron chi connectivity index (χ3n) is 6.26. The van der Waals surface area contributed by atoms with E-state index in [1.54, 1.807) is 63.6 Å². The molecule has 1 aliphatic heterocycles. The third kappa shape index (κ3) is 5.08. The van der Waals surface area contributed by atoms with Crippen molar-refractivity contribution in [2.75, 3.05) is 23.2 Å². The fourth-order valence-corrected chi connectivity index (χ4v) is 6.31. The minimum Gasteiger partial charge on any atom is -0.345 e. The predicted octanol–water partition coefficient (Wildman–Crippen LogP) is 3.96. The number of carbonyl (C=O) groups is 2. The largest absolute Gasteiger partial charge is 0.345 e. The van der Waals surface area contributed by atoms with Crippen molar-refractivity contribution in [3.63, 3.8) is 0 Å². The van der Waals surface area contributed by atoms with Crippen LogP contribution < -0.4 is 9.62 Å². The number of sulfonamides is 1. The maximum Gasteiger partial charge on any atom is 0.265 e. The van der Waals surface area contributed by atoms with E-state index < -0.39 is 22.0 Å². The van der Waals surface area contributed by atoms with Crippen molar-refractivity contribution in [3.05, 3.63) is 82.6 Å². The number of amides is 2. The van der Waals surface area contributed by atoms with Crippen LogP contribution in [0.3, 0.4) is 0 Å². The second-order valence-electron chi connectivity index (χ2n) is 8.81. The molecule has 0 radical (unpaired) electrons. The van der Waals surface area contributed by atoms with Gasteiger partial charge in [-0.2, -0.15) is 0 Å². The van der Waals surface area contributed by atoms with E-state index in [1.165, 1.54) is 11.0 Å². The zero-order valence-corrected chi connectivity index (χ0v) is 21.8. The Balaban J connectivity index is 1.68. The average Bonchev–Trinajstić information content (AvgIpc) is 2.85. The van der Waals surface area contributed by atoms with E-state index in [0.717, 1.165) is 9.87 Å². The molecule has 1 aromatic heterocycles. The summed E-state index contributed by atoms with van der Waals surface area (Å²) in [6.45, 7) is 3.79. The van der Waals surface area contributed by atoms with Gasteiger partial charge in [-0.3, -0.25) is 18.9 Å². The lowest BCUT2D eigenvalue weighted by atomic mass is 10.1. The summed E-state index contributed by atoms with van der Waals surface area (Å²) in [5, 5.41) is 3.21. The number of halogens is 1. The van der Waals surface area contributed by atoms with E-state index in [9.17, 15) is 18.0 Å². The Bertz CT molecular complexity index is 1410. The Labute approximate surface area is 216 Å². The Morgan fingerprint density at radius 2 is 1.81 bits per heavy atom. The van der Waals surface area contributed by atoms with Crippen LogP contribution in [0, 0.1) is 13.8 Å². The van der Waals surface area contributed by atoms with Gasteiger partial charge in [0, 0.05) is 31.0 Å². The number of aromatic nitrogens is 1. The maximum absolute atomic E-state index is 14.0. The van der Waals surface area contributed by atoms with E-state index >= 15 is 0 Å². The van der Waals surface area contributed by atoms with Crippen LogP contribution in [0.15, 0.2) is 65.8 Å². The van der Waals surface area contributed by atoms with Gasteiger partial charge in [-0.1, -0.05) is 23.7 Å². The van der Waals surface area contributed by atoms with Gasteiger partial charge in [-0.15, -0.1) is 0 Å². The molecule has 1 atom stereocenters. The van der Waals surface area contributed by atoms with Gasteiger partial charge < -0.3 is 10.2 Å². The molecule has 3 aromatic rings. The van der Waals surface area contributed by atoms with Crippen LogP contribution in [-0.2, 0) is 26.0 Å². The SMILES string of the molecule is Cc1cc(S(=O)(=O)N2c3ccccc3NC(=O)[C@H]2CC(=O)N(C)CCc2ccncc2)c(C)cc1Cl. The first-order valence-electron chi connectivity index (χ1n) is 11.4. The van der Waals surface area contributed by atoms with Gasteiger partial charge in [-0.25, -0.2) is 8.42 Å². The number of benzene rings is 2. The van der Waals surface area contributed by atoms with Crippen molar-refractivity contribution in [1.29, 1.82) is 0 Å². The molecule has 4 rings (SSSR count). The van der Waals surface area contributed by atoms with Crippen LogP contribution in [0.25, 0.3) is 0 Å². The number of fused-ring (bicyclic) bond motifs is 1. The average molecular weight is 527 g/mol. The Morgan fingerprint density at radius 1 is 1.11 bits per heavy atom. The van der Waals surface area contributed by atoms with Gasteiger partial charge in [-0.05, 0) is 73.4 Å². The summed E-state index contributed by atoms with van der Waals surface area (Å²) in [4.78, 5) is 31.9. The summed E-state index contributed by atoms with van der Waals surface area (Å²) in [5.41, 5.74) is 2.74. The first-order valence-corrected chi connectivity index (χ1v) is 13.3. The van der Waals surface area contributed by atoms with Crippen molar-refractivity contribution in [1.82, 2.24) is 9.88 Å². The second-order valence-corrected chi connectivity index (χ2v) is 11.0. The van der Waals surface area contributed by atoms with Crippen molar-refractivity contribution in [2.45, 2.75) is 37.6 Å². The van der Waals surface area contributed by atoms with Gasteiger partial charge >= 0.3 is 0 Å². The van der Waals surface area contributed by atoms with Gasteiger partial charge in [0.05, 0.1) is 22.7 Å². The maximum atomic E-state index is 14.0. The summed E-state index contributed by atoms with van der Waals surface area (Å²) < 4.78 is 29.1. The summed E-state index contributed by atoms with van der Waals surface area (Å²) in [6.07, 6.45) is 3.67. The molecule has 1 aliphatic rings. The number of para-hydroxylation sites is 2. The van der Waals surface area contributed by atoms with Crippen LogP contribution in [0.4, 0.5) is 11.4 Å². The molecule has 0 spiro atoms. The molecule has 0 bridgehead atoms. The summed E-state index contributed by atoms with van der Waals surface area (Å²) in [5.74, 6) is -0.899. The Hall–Kier alpha value is -3.43. The number of anilines is 2. The molecule has 0 saturated carbocycles. The molecule has 1 N–H and O–H groups in total. The monoisotopic (exact) mass is 526 g/mol.